The van der Waals surface area contributed by atoms with Gasteiger partial charge in [-0.2, -0.15) is 0 Å². The molecule has 20 heavy (non-hydrogen) atoms. The van der Waals surface area contributed by atoms with E-state index in [-0.39, 0.29) is 21.5 Å². The quantitative estimate of drug-likeness (QED) is 0.741. The van der Waals surface area contributed by atoms with E-state index in [1.165, 1.54) is 23.0 Å². The topological polar surface area (TPSA) is 106 Å². The van der Waals surface area contributed by atoms with Crippen molar-refractivity contribution in [2.24, 2.45) is 5.73 Å². The van der Waals surface area contributed by atoms with Crippen molar-refractivity contribution in [2.45, 2.75) is 6.54 Å². The Morgan fingerprint density at radius 2 is 2.05 bits per heavy atom. The molecule has 0 saturated carbocycles. The highest BCUT2D eigenvalue weighted by Crippen LogP contribution is 2.34. The Bertz CT molecular complexity index is 620. The number of nitrogens with one attached hydrogen (secondary N) is 1. The van der Waals surface area contributed by atoms with Crippen LogP contribution in [0, 0.1) is 0 Å². The lowest BCUT2D eigenvalue weighted by atomic mass is 10.3. The number of anilines is 1. The van der Waals surface area contributed by atoms with E-state index < -0.39 is 5.91 Å². The summed E-state index contributed by atoms with van der Waals surface area (Å²) in [5.41, 5.74) is 5.86. The summed E-state index contributed by atoms with van der Waals surface area (Å²) in [6.45, 7) is 0.866. The summed E-state index contributed by atoms with van der Waals surface area (Å²) in [6, 6.07) is 2.76. The number of carbonyl (C=O) groups excluding carboxylic acids is 1. The average Bonchev–Trinajstić information content (AvgIpc) is 2.85. The number of benzene rings is 1. The van der Waals surface area contributed by atoms with Gasteiger partial charge < -0.3 is 16.2 Å². The molecule has 0 atom stereocenters. The number of phenolic OH excluding ortho intramolecular Hbond substituents is 1. The molecule has 0 unspecified atom stereocenters. The van der Waals surface area contributed by atoms with E-state index in [0.29, 0.717) is 18.8 Å². The highest BCUT2D eigenvalue weighted by atomic mass is 35.5. The Morgan fingerprint density at radius 1 is 1.40 bits per heavy atom. The lowest BCUT2D eigenvalue weighted by molar-refractivity contribution is 0.102. The van der Waals surface area contributed by atoms with Crippen LogP contribution in [0.5, 0.6) is 5.75 Å². The summed E-state index contributed by atoms with van der Waals surface area (Å²) >= 11 is 11.5. The Balaban J connectivity index is 2.14. The molecule has 0 aliphatic heterocycles. The average molecular weight is 316 g/mol. The van der Waals surface area contributed by atoms with Gasteiger partial charge in [-0.15, -0.1) is 5.10 Å². The van der Waals surface area contributed by atoms with Crippen LogP contribution in [0.15, 0.2) is 18.3 Å². The van der Waals surface area contributed by atoms with Crippen molar-refractivity contribution in [1.29, 1.82) is 0 Å². The monoisotopic (exact) mass is 315 g/mol. The lowest BCUT2D eigenvalue weighted by Gasteiger charge is -2.06. The highest BCUT2D eigenvalue weighted by molar-refractivity contribution is 6.37. The molecule has 0 spiro atoms. The van der Waals surface area contributed by atoms with E-state index in [9.17, 15) is 9.90 Å². The van der Waals surface area contributed by atoms with Gasteiger partial charge in [-0.25, -0.2) is 0 Å². The van der Waals surface area contributed by atoms with Crippen molar-refractivity contribution in [1.82, 2.24) is 15.0 Å². The summed E-state index contributed by atoms with van der Waals surface area (Å²) < 4.78 is 1.46. The molecule has 2 aromatic rings. The molecule has 0 saturated heterocycles. The van der Waals surface area contributed by atoms with E-state index >= 15 is 0 Å². The number of nitrogens with two attached hydrogens (primary N) is 1. The van der Waals surface area contributed by atoms with Crippen molar-refractivity contribution in [3.8, 4) is 5.75 Å². The SMILES string of the molecule is NCCn1cc(C(=O)Nc2cc(Cl)c(O)c(Cl)c2)nn1. The number of nitrogens with zero attached hydrogens (tertiary/aromatic N) is 3. The predicted octanol–water partition coefficient (Wildman–Crippen LogP) is 1.50. The second-order valence-corrected chi connectivity index (χ2v) is 4.71. The second kappa shape index (κ2) is 6.08. The van der Waals surface area contributed by atoms with Crippen LogP contribution < -0.4 is 11.1 Å². The van der Waals surface area contributed by atoms with Gasteiger partial charge >= 0.3 is 0 Å². The molecule has 9 heteroatoms. The fourth-order valence-electron chi connectivity index (χ4n) is 1.48. The van der Waals surface area contributed by atoms with Crippen LogP contribution in [0.25, 0.3) is 0 Å². The normalized spacial score (nSPS) is 10.6. The van der Waals surface area contributed by atoms with E-state index in [1.807, 2.05) is 0 Å². The van der Waals surface area contributed by atoms with Crippen LogP contribution in [-0.4, -0.2) is 32.6 Å². The van der Waals surface area contributed by atoms with Gasteiger partial charge in [-0.1, -0.05) is 28.4 Å². The van der Waals surface area contributed by atoms with Gasteiger partial charge in [0, 0.05) is 12.2 Å². The van der Waals surface area contributed by atoms with Gasteiger partial charge in [-0.3, -0.25) is 9.48 Å². The molecule has 0 aliphatic carbocycles. The van der Waals surface area contributed by atoms with Crippen LogP contribution >= 0.6 is 23.2 Å². The zero-order valence-electron chi connectivity index (χ0n) is 10.2. The van der Waals surface area contributed by atoms with Gasteiger partial charge in [-0.05, 0) is 12.1 Å². The van der Waals surface area contributed by atoms with Gasteiger partial charge in [0.2, 0.25) is 0 Å². The Morgan fingerprint density at radius 3 is 2.65 bits per heavy atom. The maximum Gasteiger partial charge on any atom is 0.277 e. The van der Waals surface area contributed by atoms with Crippen molar-refractivity contribution in [2.75, 3.05) is 11.9 Å². The van der Waals surface area contributed by atoms with Crippen LogP contribution in [0.4, 0.5) is 5.69 Å². The highest BCUT2D eigenvalue weighted by Gasteiger charge is 2.13. The molecule has 0 fully saturated rings. The number of aromatic nitrogens is 3. The molecule has 1 aromatic carbocycles. The van der Waals surface area contributed by atoms with Gasteiger partial charge in [0.05, 0.1) is 22.8 Å². The first-order chi connectivity index (χ1) is 9.51. The van der Waals surface area contributed by atoms with Crippen LogP contribution in [-0.2, 0) is 6.54 Å². The number of rotatable bonds is 4. The third-order valence-electron chi connectivity index (χ3n) is 2.40. The van der Waals surface area contributed by atoms with E-state index in [2.05, 4.69) is 15.6 Å². The van der Waals surface area contributed by atoms with Crippen LogP contribution in [0.2, 0.25) is 10.0 Å². The summed E-state index contributed by atoms with van der Waals surface area (Å²) in [7, 11) is 0. The van der Waals surface area contributed by atoms with Gasteiger partial charge in [0.1, 0.15) is 0 Å². The van der Waals surface area contributed by atoms with E-state index in [0.717, 1.165) is 0 Å². The molecule has 0 aliphatic rings. The number of phenols is 1. The molecule has 0 bridgehead atoms. The second-order valence-electron chi connectivity index (χ2n) is 3.90. The Hall–Kier alpha value is -1.83. The number of carbonyl (C=O) groups is 1. The summed E-state index contributed by atoms with van der Waals surface area (Å²) in [5, 5.41) is 19.5. The molecular formula is C11H11Cl2N5O2. The summed E-state index contributed by atoms with van der Waals surface area (Å²) in [4.78, 5) is 11.9. The number of amides is 1. The number of hydrogen-bond acceptors (Lipinski definition) is 5. The zero-order chi connectivity index (χ0) is 14.7. The predicted molar refractivity (Wildman–Crippen MR) is 75.2 cm³/mol. The number of hydrogen-bond donors (Lipinski definition) is 3. The molecule has 1 aromatic heterocycles. The maximum absolute atomic E-state index is 11.9. The van der Waals surface area contributed by atoms with Crippen molar-refractivity contribution < 1.29 is 9.90 Å². The summed E-state index contributed by atoms with van der Waals surface area (Å²) in [5.74, 6) is -0.702. The molecule has 1 amide bonds. The molecule has 0 radical (unpaired) electrons. The first kappa shape index (κ1) is 14.6. The standard InChI is InChI=1S/C11H11Cl2N5O2/c12-7-3-6(4-8(13)10(7)19)15-11(20)9-5-18(2-1-14)17-16-9/h3-5,19H,1-2,14H2,(H,15,20). The van der Waals surface area contributed by atoms with Crippen molar-refractivity contribution in [3.05, 3.63) is 34.1 Å². The third-order valence-corrected chi connectivity index (χ3v) is 2.98. The summed E-state index contributed by atoms with van der Waals surface area (Å²) in [6.07, 6.45) is 1.48. The maximum atomic E-state index is 11.9. The molecule has 4 N–H and O–H groups in total. The van der Waals surface area contributed by atoms with Crippen molar-refractivity contribution >= 4 is 34.8 Å². The van der Waals surface area contributed by atoms with Crippen LogP contribution in [0.3, 0.4) is 0 Å². The minimum atomic E-state index is -0.467. The Labute approximate surface area is 124 Å². The zero-order valence-corrected chi connectivity index (χ0v) is 11.7. The minimum absolute atomic E-state index is 0.0413. The molecule has 106 valence electrons. The molecule has 7 nitrogen and oxygen atoms in total. The van der Waals surface area contributed by atoms with Crippen molar-refractivity contribution in [3.63, 3.8) is 0 Å². The Kier molecular flexibility index (Phi) is 4.43. The molecule has 2 rings (SSSR count). The van der Waals surface area contributed by atoms with Gasteiger partial charge in [0.25, 0.3) is 5.91 Å². The van der Waals surface area contributed by atoms with E-state index in [4.69, 9.17) is 28.9 Å². The largest absolute Gasteiger partial charge is 0.505 e. The third kappa shape index (κ3) is 3.19. The van der Waals surface area contributed by atoms with Crippen LogP contribution in [0.1, 0.15) is 10.5 Å². The molecular weight excluding hydrogens is 305 g/mol. The molecule has 1 heterocycles. The lowest BCUT2D eigenvalue weighted by Crippen LogP contribution is -2.13. The first-order valence-corrected chi connectivity index (χ1v) is 6.36. The van der Waals surface area contributed by atoms with E-state index in [1.54, 1.807) is 0 Å². The smallest absolute Gasteiger partial charge is 0.277 e. The number of halogens is 2. The van der Waals surface area contributed by atoms with Gasteiger partial charge in [0.15, 0.2) is 11.4 Å². The minimum Gasteiger partial charge on any atom is -0.505 e. The fourth-order valence-corrected chi connectivity index (χ4v) is 1.96. The first-order valence-electron chi connectivity index (χ1n) is 5.61. The number of aromatic hydroxyl groups is 1. The fraction of sp³-hybridized carbons (Fsp3) is 0.182.